The largest absolute Gasteiger partial charge is 0.463 e. The Labute approximate surface area is 134 Å². The summed E-state index contributed by atoms with van der Waals surface area (Å²) < 4.78 is 9.98. The number of rotatable bonds is 8. The highest BCUT2D eigenvalue weighted by atomic mass is 35.5. The standard InChI is InChI=1S/C15H18Cl2O4/c1-2-11-5-3-6-12(9-11)21-15(19)8-4-7-14(18)20-10-13(16)17/h3,5-6,9,13H,2,4,7-8,10H2,1H3. The SMILES string of the molecule is CCc1cccc(OC(=O)CCCC(=O)OCC(Cl)Cl)c1. The molecule has 0 saturated carbocycles. The van der Waals surface area contributed by atoms with Crippen molar-refractivity contribution in [2.75, 3.05) is 6.61 Å². The van der Waals surface area contributed by atoms with E-state index in [-0.39, 0.29) is 25.4 Å². The number of esters is 2. The second kappa shape index (κ2) is 9.64. The van der Waals surface area contributed by atoms with Crippen LogP contribution in [0, 0.1) is 0 Å². The van der Waals surface area contributed by atoms with Crippen molar-refractivity contribution in [2.45, 2.75) is 37.4 Å². The molecule has 1 rings (SSSR count). The van der Waals surface area contributed by atoms with E-state index in [1.54, 1.807) is 6.07 Å². The Morgan fingerprint density at radius 1 is 1.19 bits per heavy atom. The lowest BCUT2D eigenvalue weighted by atomic mass is 10.2. The van der Waals surface area contributed by atoms with E-state index in [2.05, 4.69) is 0 Å². The summed E-state index contributed by atoms with van der Waals surface area (Å²) in [5.41, 5.74) is 1.10. The molecule has 0 unspecified atom stereocenters. The monoisotopic (exact) mass is 332 g/mol. The maximum absolute atomic E-state index is 11.6. The quantitative estimate of drug-likeness (QED) is 0.414. The zero-order valence-electron chi connectivity index (χ0n) is 11.8. The average molecular weight is 333 g/mol. The molecule has 0 bridgehead atoms. The van der Waals surface area contributed by atoms with Gasteiger partial charge in [0.05, 0.1) is 0 Å². The highest BCUT2D eigenvalue weighted by Crippen LogP contribution is 2.15. The van der Waals surface area contributed by atoms with E-state index in [1.165, 1.54) is 0 Å². The minimum Gasteiger partial charge on any atom is -0.463 e. The van der Waals surface area contributed by atoms with Crippen LogP contribution in [-0.4, -0.2) is 23.4 Å². The van der Waals surface area contributed by atoms with Crippen LogP contribution < -0.4 is 4.74 Å². The minimum atomic E-state index is -0.732. The third-order valence-corrected chi connectivity index (χ3v) is 2.92. The summed E-state index contributed by atoms with van der Waals surface area (Å²) in [5, 5.41) is 0. The summed E-state index contributed by atoms with van der Waals surface area (Å²) in [6.45, 7) is 1.98. The molecule has 0 aliphatic rings. The topological polar surface area (TPSA) is 52.6 Å². The first kappa shape index (κ1) is 17.8. The molecule has 0 aliphatic heterocycles. The number of halogens is 2. The Bertz CT molecular complexity index is 474. The predicted molar refractivity (Wildman–Crippen MR) is 81.8 cm³/mol. The maximum atomic E-state index is 11.6. The predicted octanol–water partition coefficient (Wildman–Crippen LogP) is 3.67. The van der Waals surface area contributed by atoms with E-state index < -0.39 is 10.8 Å². The summed E-state index contributed by atoms with van der Waals surface area (Å²) in [7, 11) is 0. The molecule has 0 heterocycles. The second-order valence-electron chi connectivity index (χ2n) is 4.40. The van der Waals surface area contributed by atoms with Gasteiger partial charge in [0.15, 0.2) is 0 Å². The number of carbonyl (C=O) groups is 2. The van der Waals surface area contributed by atoms with Gasteiger partial charge in [0.1, 0.15) is 17.2 Å². The molecule has 21 heavy (non-hydrogen) atoms. The molecule has 1 aromatic rings. The van der Waals surface area contributed by atoms with Gasteiger partial charge in [-0.3, -0.25) is 9.59 Å². The Balaban J connectivity index is 2.26. The van der Waals surface area contributed by atoms with Crippen LogP contribution in [0.4, 0.5) is 0 Å². The number of hydrogen-bond donors (Lipinski definition) is 0. The van der Waals surface area contributed by atoms with Crippen molar-refractivity contribution in [2.24, 2.45) is 0 Å². The van der Waals surface area contributed by atoms with Gasteiger partial charge in [-0.25, -0.2) is 0 Å². The zero-order chi connectivity index (χ0) is 15.7. The lowest BCUT2D eigenvalue weighted by Gasteiger charge is -2.06. The molecule has 6 heteroatoms. The van der Waals surface area contributed by atoms with Crippen molar-refractivity contribution in [1.29, 1.82) is 0 Å². The molecule has 0 amide bonds. The number of ether oxygens (including phenoxy) is 2. The molecule has 0 aliphatic carbocycles. The Kier molecular flexibility index (Phi) is 8.16. The lowest BCUT2D eigenvalue weighted by molar-refractivity contribution is -0.143. The molecule has 0 radical (unpaired) electrons. The number of benzene rings is 1. The zero-order valence-corrected chi connectivity index (χ0v) is 13.3. The molecule has 0 fully saturated rings. The van der Waals surface area contributed by atoms with Crippen LogP contribution in [0.15, 0.2) is 24.3 Å². The first-order valence-corrected chi connectivity index (χ1v) is 7.62. The Hall–Kier alpha value is -1.26. The normalized spacial score (nSPS) is 10.5. The van der Waals surface area contributed by atoms with Crippen molar-refractivity contribution in [1.82, 2.24) is 0 Å². The van der Waals surface area contributed by atoms with Crippen LogP contribution in [0.25, 0.3) is 0 Å². The second-order valence-corrected chi connectivity index (χ2v) is 5.68. The van der Waals surface area contributed by atoms with Gasteiger partial charge >= 0.3 is 11.9 Å². The first-order chi connectivity index (χ1) is 10.0. The summed E-state index contributed by atoms with van der Waals surface area (Å²) >= 11 is 10.9. The third kappa shape index (κ3) is 7.93. The van der Waals surface area contributed by atoms with E-state index >= 15 is 0 Å². The van der Waals surface area contributed by atoms with Crippen molar-refractivity contribution in [3.05, 3.63) is 29.8 Å². The molecular weight excluding hydrogens is 315 g/mol. The van der Waals surface area contributed by atoms with Gasteiger partial charge in [-0.05, 0) is 30.5 Å². The molecule has 0 spiro atoms. The van der Waals surface area contributed by atoms with Gasteiger partial charge in [0.25, 0.3) is 0 Å². The molecular formula is C15H18Cl2O4. The molecule has 1 aromatic carbocycles. The van der Waals surface area contributed by atoms with Gasteiger partial charge < -0.3 is 9.47 Å². The fourth-order valence-corrected chi connectivity index (χ4v) is 1.74. The number of carbonyl (C=O) groups excluding carboxylic acids is 2. The van der Waals surface area contributed by atoms with Crippen LogP contribution in [0.2, 0.25) is 0 Å². The van der Waals surface area contributed by atoms with E-state index in [0.717, 1.165) is 12.0 Å². The van der Waals surface area contributed by atoms with Gasteiger partial charge in [0, 0.05) is 12.8 Å². The van der Waals surface area contributed by atoms with E-state index in [0.29, 0.717) is 12.2 Å². The highest BCUT2D eigenvalue weighted by molar-refractivity contribution is 6.44. The van der Waals surface area contributed by atoms with Gasteiger partial charge in [-0.2, -0.15) is 0 Å². The molecule has 116 valence electrons. The number of hydrogen-bond acceptors (Lipinski definition) is 4. The van der Waals surface area contributed by atoms with Crippen molar-refractivity contribution < 1.29 is 19.1 Å². The van der Waals surface area contributed by atoms with Gasteiger partial charge in [-0.15, -0.1) is 23.2 Å². The van der Waals surface area contributed by atoms with Crippen LogP contribution in [0.5, 0.6) is 5.75 Å². The number of aryl methyl sites for hydroxylation is 1. The molecule has 0 N–H and O–H groups in total. The van der Waals surface area contributed by atoms with E-state index in [1.807, 2.05) is 25.1 Å². The fraction of sp³-hybridized carbons (Fsp3) is 0.467. The Morgan fingerprint density at radius 2 is 1.90 bits per heavy atom. The van der Waals surface area contributed by atoms with Crippen molar-refractivity contribution in [3.8, 4) is 5.75 Å². The first-order valence-electron chi connectivity index (χ1n) is 6.74. The summed E-state index contributed by atoms with van der Waals surface area (Å²) in [4.78, 5) is 22.2. The highest BCUT2D eigenvalue weighted by Gasteiger charge is 2.10. The van der Waals surface area contributed by atoms with Gasteiger partial charge in [-0.1, -0.05) is 19.1 Å². The smallest absolute Gasteiger partial charge is 0.311 e. The maximum Gasteiger partial charge on any atom is 0.311 e. The summed E-state index contributed by atoms with van der Waals surface area (Å²) in [6, 6.07) is 7.36. The van der Waals surface area contributed by atoms with E-state index in [4.69, 9.17) is 32.7 Å². The van der Waals surface area contributed by atoms with Gasteiger partial charge in [0.2, 0.25) is 0 Å². The van der Waals surface area contributed by atoms with Crippen LogP contribution in [0.3, 0.4) is 0 Å². The summed E-state index contributed by atoms with van der Waals surface area (Å²) in [5.74, 6) is -0.278. The average Bonchev–Trinajstić information content (AvgIpc) is 2.45. The molecule has 0 atom stereocenters. The van der Waals surface area contributed by atoms with Crippen LogP contribution >= 0.6 is 23.2 Å². The fourth-order valence-electron chi connectivity index (χ4n) is 1.62. The molecule has 0 saturated heterocycles. The van der Waals surface area contributed by atoms with Crippen molar-refractivity contribution in [3.63, 3.8) is 0 Å². The van der Waals surface area contributed by atoms with Crippen molar-refractivity contribution >= 4 is 35.1 Å². The molecule has 4 nitrogen and oxygen atoms in total. The third-order valence-electron chi connectivity index (χ3n) is 2.67. The lowest BCUT2D eigenvalue weighted by Crippen LogP contribution is -2.12. The number of alkyl halides is 2. The Morgan fingerprint density at radius 3 is 2.57 bits per heavy atom. The van der Waals surface area contributed by atoms with E-state index in [9.17, 15) is 9.59 Å². The van der Waals surface area contributed by atoms with Crippen LogP contribution in [0.1, 0.15) is 31.7 Å². The molecule has 0 aromatic heterocycles. The van der Waals surface area contributed by atoms with Crippen LogP contribution in [-0.2, 0) is 20.7 Å². The minimum absolute atomic E-state index is 0.0454. The summed E-state index contributed by atoms with van der Waals surface area (Å²) in [6.07, 6.45) is 1.51.